The lowest BCUT2D eigenvalue weighted by molar-refractivity contribution is -0.870. The minimum absolute atomic E-state index is 0.0268. The lowest BCUT2D eigenvalue weighted by atomic mass is 10.0. The van der Waals surface area contributed by atoms with Crippen molar-refractivity contribution < 1.29 is 42.1 Å². The number of phosphoric ester groups is 1. The van der Waals surface area contributed by atoms with Crippen LogP contribution in [0.15, 0.2) is 85.1 Å². The molecule has 0 aromatic carbocycles. The Kier molecular flexibility index (Phi) is 51.0. The first-order valence-corrected chi connectivity index (χ1v) is 30.8. The standard InChI is InChI=1S/C62H110NO8P/c1-6-8-10-12-14-16-18-20-22-23-24-25-26-27-28-29-30-31-32-33-34-35-36-37-38-39-41-43-45-47-49-51-53-55-62(65)71-60(59-70-72(66,67)69-57-56-63(3,4)5)58-68-61(64)54-52-50-48-46-44-42-40-21-19-17-15-13-11-9-7-2/h8-11,14-17,20-22,24-25,40,60H,6-7,12-13,18-19,23,26-39,41-59H2,1-5H3/p+1/b10-8-,11-9-,16-14-,17-15-,22-20-,25-24-,40-21-. The van der Waals surface area contributed by atoms with E-state index in [0.717, 1.165) is 96.3 Å². The summed E-state index contributed by atoms with van der Waals surface area (Å²) in [5.41, 5.74) is 0. The maximum atomic E-state index is 12.8. The van der Waals surface area contributed by atoms with E-state index in [1.807, 2.05) is 21.1 Å². The highest BCUT2D eigenvalue weighted by Gasteiger charge is 2.27. The van der Waals surface area contributed by atoms with Crippen molar-refractivity contribution in [1.29, 1.82) is 0 Å². The molecule has 0 spiro atoms. The molecule has 0 heterocycles. The van der Waals surface area contributed by atoms with Crippen LogP contribution in [0.5, 0.6) is 0 Å². The molecular weight excluding hydrogens is 918 g/mol. The quantitative estimate of drug-likeness (QED) is 0.0211. The molecule has 0 aromatic rings. The lowest BCUT2D eigenvalue weighted by Gasteiger charge is -2.24. The highest BCUT2D eigenvalue weighted by Crippen LogP contribution is 2.43. The summed E-state index contributed by atoms with van der Waals surface area (Å²) in [6, 6.07) is 0. The summed E-state index contributed by atoms with van der Waals surface area (Å²) in [7, 11) is 1.47. The number of phosphoric acid groups is 1. The maximum Gasteiger partial charge on any atom is 0.472 e. The van der Waals surface area contributed by atoms with Crippen molar-refractivity contribution in [3.8, 4) is 0 Å². The zero-order valence-corrected chi connectivity index (χ0v) is 48.0. The zero-order valence-electron chi connectivity index (χ0n) is 47.1. The Morgan fingerprint density at radius 1 is 0.431 bits per heavy atom. The van der Waals surface area contributed by atoms with Crippen molar-refractivity contribution in [2.45, 2.75) is 251 Å². The predicted molar refractivity (Wildman–Crippen MR) is 307 cm³/mol. The minimum atomic E-state index is -4.39. The van der Waals surface area contributed by atoms with Crippen LogP contribution in [0, 0.1) is 0 Å². The summed E-state index contributed by atoms with van der Waals surface area (Å²) in [4.78, 5) is 35.6. The number of carbonyl (C=O) groups excluding carboxylic acids is 2. The van der Waals surface area contributed by atoms with Gasteiger partial charge < -0.3 is 18.9 Å². The Hall–Kier alpha value is -2.81. The second-order valence-corrected chi connectivity index (χ2v) is 22.1. The summed E-state index contributed by atoms with van der Waals surface area (Å²) in [5.74, 6) is -0.814. The summed E-state index contributed by atoms with van der Waals surface area (Å²) in [5, 5.41) is 0. The van der Waals surface area contributed by atoms with Crippen molar-refractivity contribution in [3.63, 3.8) is 0 Å². The first-order chi connectivity index (χ1) is 35.0. The van der Waals surface area contributed by atoms with E-state index < -0.39 is 26.5 Å². The van der Waals surface area contributed by atoms with E-state index in [9.17, 15) is 19.0 Å². The number of hydrogen-bond acceptors (Lipinski definition) is 7. The van der Waals surface area contributed by atoms with Gasteiger partial charge in [0, 0.05) is 12.8 Å². The summed E-state index contributed by atoms with van der Waals surface area (Å²) in [6.45, 7) is 4.20. The summed E-state index contributed by atoms with van der Waals surface area (Å²) >= 11 is 0. The Bertz CT molecular complexity index is 1490. The van der Waals surface area contributed by atoms with E-state index in [1.54, 1.807) is 0 Å². The molecule has 0 aliphatic rings. The fourth-order valence-corrected chi connectivity index (χ4v) is 8.70. The average molecular weight is 1030 g/mol. The molecule has 10 heteroatoms. The molecular formula is C62H111NO8P+. The van der Waals surface area contributed by atoms with Gasteiger partial charge in [0.05, 0.1) is 27.7 Å². The fourth-order valence-electron chi connectivity index (χ4n) is 7.96. The number of quaternary nitrogens is 1. The Morgan fingerprint density at radius 3 is 1.11 bits per heavy atom. The number of rotatable bonds is 53. The van der Waals surface area contributed by atoms with E-state index in [0.29, 0.717) is 17.4 Å². The molecule has 2 atom stereocenters. The summed E-state index contributed by atoms with van der Waals surface area (Å²) in [6.07, 6.45) is 71.0. The van der Waals surface area contributed by atoms with Gasteiger partial charge in [-0.25, -0.2) is 4.57 Å². The number of carbonyl (C=O) groups is 2. The second-order valence-electron chi connectivity index (χ2n) is 20.6. The van der Waals surface area contributed by atoms with Crippen molar-refractivity contribution in [2.24, 2.45) is 0 Å². The molecule has 1 N–H and O–H groups in total. The van der Waals surface area contributed by atoms with E-state index >= 15 is 0 Å². The first kappa shape index (κ1) is 69.2. The van der Waals surface area contributed by atoms with E-state index in [-0.39, 0.29) is 32.0 Å². The smallest absolute Gasteiger partial charge is 0.462 e. The van der Waals surface area contributed by atoms with Gasteiger partial charge in [0.1, 0.15) is 19.8 Å². The van der Waals surface area contributed by atoms with Gasteiger partial charge in [0.2, 0.25) is 0 Å². The summed E-state index contributed by atoms with van der Waals surface area (Å²) < 4.78 is 34.5. The number of esters is 2. The molecule has 0 aliphatic carbocycles. The molecule has 416 valence electrons. The molecule has 0 saturated carbocycles. The van der Waals surface area contributed by atoms with Gasteiger partial charge in [-0.05, 0) is 83.5 Å². The van der Waals surface area contributed by atoms with Crippen LogP contribution in [0.2, 0.25) is 0 Å². The van der Waals surface area contributed by atoms with Gasteiger partial charge in [-0.3, -0.25) is 18.6 Å². The van der Waals surface area contributed by atoms with Crippen LogP contribution in [0.3, 0.4) is 0 Å². The molecule has 0 aromatic heterocycles. The van der Waals surface area contributed by atoms with Crippen LogP contribution in [0.1, 0.15) is 245 Å². The van der Waals surface area contributed by atoms with Crippen LogP contribution in [-0.2, 0) is 32.7 Å². The largest absolute Gasteiger partial charge is 0.472 e. The molecule has 72 heavy (non-hydrogen) atoms. The fraction of sp³-hybridized carbons (Fsp3) is 0.742. The number of ether oxygens (including phenoxy) is 2. The van der Waals surface area contributed by atoms with Gasteiger partial charge in [0.15, 0.2) is 6.10 Å². The van der Waals surface area contributed by atoms with Crippen LogP contribution >= 0.6 is 7.82 Å². The predicted octanol–water partition coefficient (Wildman–Crippen LogP) is 18.3. The van der Waals surface area contributed by atoms with Gasteiger partial charge >= 0.3 is 19.8 Å². The third-order valence-corrected chi connectivity index (χ3v) is 13.4. The number of hydrogen-bond donors (Lipinski definition) is 1. The van der Waals surface area contributed by atoms with Crippen molar-refractivity contribution >= 4 is 19.8 Å². The molecule has 0 saturated heterocycles. The third kappa shape index (κ3) is 56.5. The Labute approximate surface area is 443 Å². The molecule has 0 amide bonds. The SMILES string of the molecule is CC/C=C\C/C=C\C/C=C\C/C=C\CCCCCCCCCCCCCCCCCCCCCCC(=O)OC(COC(=O)CCCCCCC/C=C\C/C=C\C/C=C\CC)COP(=O)(O)OCC[N+](C)(C)C. The van der Waals surface area contributed by atoms with Crippen molar-refractivity contribution in [1.82, 2.24) is 0 Å². The van der Waals surface area contributed by atoms with Gasteiger partial charge in [-0.15, -0.1) is 0 Å². The molecule has 2 unspecified atom stereocenters. The number of unbranched alkanes of at least 4 members (excludes halogenated alkanes) is 25. The number of allylic oxidation sites excluding steroid dienone is 14. The Balaban J connectivity index is 4.04. The second kappa shape index (κ2) is 53.0. The average Bonchev–Trinajstić information content (AvgIpc) is 3.34. The monoisotopic (exact) mass is 1030 g/mol. The number of nitrogens with zero attached hydrogens (tertiary/aromatic N) is 1. The first-order valence-electron chi connectivity index (χ1n) is 29.3. The molecule has 0 aliphatic heterocycles. The normalized spacial score (nSPS) is 13.9. The third-order valence-electron chi connectivity index (χ3n) is 12.4. The van der Waals surface area contributed by atoms with E-state index in [1.165, 1.54) is 116 Å². The van der Waals surface area contributed by atoms with Gasteiger partial charge in [-0.2, -0.15) is 0 Å². The minimum Gasteiger partial charge on any atom is -0.462 e. The topological polar surface area (TPSA) is 108 Å². The van der Waals surface area contributed by atoms with Crippen molar-refractivity contribution in [2.75, 3.05) is 47.5 Å². The van der Waals surface area contributed by atoms with E-state index in [2.05, 4.69) is 98.9 Å². The molecule has 0 fully saturated rings. The van der Waals surface area contributed by atoms with Crippen molar-refractivity contribution in [3.05, 3.63) is 85.1 Å². The van der Waals surface area contributed by atoms with Gasteiger partial charge in [0.25, 0.3) is 0 Å². The molecule has 0 rings (SSSR count). The highest BCUT2D eigenvalue weighted by molar-refractivity contribution is 7.47. The molecule has 9 nitrogen and oxygen atoms in total. The number of likely N-dealkylation sites (N-methyl/N-ethyl adjacent to an activating group) is 1. The Morgan fingerprint density at radius 2 is 0.750 bits per heavy atom. The lowest BCUT2D eigenvalue weighted by Crippen LogP contribution is -2.37. The van der Waals surface area contributed by atoms with Crippen LogP contribution in [0.25, 0.3) is 0 Å². The molecule has 0 bridgehead atoms. The maximum absolute atomic E-state index is 12.8. The van der Waals surface area contributed by atoms with Crippen LogP contribution in [0.4, 0.5) is 0 Å². The van der Waals surface area contributed by atoms with Gasteiger partial charge in [-0.1, -0.05) is 234 Å². The van der Waals surface area contributed by atoms with Crippen LogP contribution < -0.4 is 0 Å². The van der Waals surface area contributed by atoms with Crippen LogP contribution in [-0.4, -0.2) is 74.9 Å². The highest BCUT2D eigenvalue weighted by atomic mass is 31.2. The molecule has 0 radical (unpaired) electrons. The zero-order chi connectivity index (χ0) is 52.7. The van der Waals surface area contributed by atoms with E-state index in [4.69, 9.17) is 18.5 Å².